The number of carbonyl (C=O) groups excluding carboxylic acids is 2. The second-order valence-electron chi connectivity index (χ2n) is 7.36. The molecular weight excluding hydrogens is 451 g/mol. The van der Waals surface area contributed by atoms with Gasteiger partial charge in [0.05, 0.1) is 21.8 Å². The Balaban J connectivity index is 1.49. The summed E-state index contributed by atoms with van der Waals surface area (Å²) in [6, 6.07) is 11.4. The van der Waals surface area contributed by atoms with Crippen LogP contribution in [0.1, 0.15) is 27.1 Å². The lowest BCUT2D eigenvalue weighted by atomic mass is 10.1. The molecule has 3 heterocycles. The van der Waals surface area contributed by atoms with Gasteiger partial charge in [-0.05, 0) is 48.9 Å². The second-order valence-corrected chi connectivity index (χ2v) is 8.23. The Kier molecular flexibility index (Phi) is 6.55. The van der Waals surface area contributed by atoms with E-state index < -0.39 is 11.8 Å². The summed E-state index contributed by atoms with van der Waals surface area (Å²) in [7, 11) is 0. The fourth-order valence-electron chi connectivity index (χ4n) is 3.34. The Morgan fingerprint density at radius 2 is 1.78 bits per heavy atom. The summed E-state index contributed by atoms with van der Waals surface area (Å²) in [4.78, 5) is 36.1. The third-order valence-electron chi connectivity index (χ3n) is 5.00. The van der Waals surface area contributed by atoms with Crippen LogP contribution in [-0.4, -0.2) is 40.9 Å². The fourth-order valence-corrected chi connectivity index (χ4v) is 3.63. The van der Waals surface area contributed by atoms with Gasteiger partial charge in [0.1, 0.15) is 11.6 Å². The lowest BCUT2D eigenvalue weighted by molar-refractivity contribution is 0.102. The van der Waals surface area contributed by atoms with Gasteiger partial charge in [0.2, 0.25) is 0 Å². The Morgan fingerprint density at radius 1 is 0.969 bits per heavy atom. The molecule has 1 fully saturated rings. The summed E-state index contributed by atoms with van der Waals surface area (Å²) >= 11 is 11.9. The molecule has 10 heteroatoms. The highest BCUT2D eigenvalue weighted by atomic mass is 35.5. The van der Waals surface area contributed by atoms with Crippen LogP contribution in [0, 0.1) is 0 Å². The highest BCUT2D eigenvalue weighted by molar-refractivity contribution is 6.31. The predicted molar refractivity (Wildman–Crippen MR) is 126 cm³/mol. The van der Waals surface area contributed by atoms with Gasteiger partial charge in [0.15, 0.2) is 0 Å². The molecule has 0 bridgehead atoms. The van der Waals surface area contributed by atoms with E-state index in [0.717, 1.165) is 25.3 Å². The van der Waals surface area contributed by atoms with Crippen LogP contribution in [0.25, 0.3) is 0 Å². The Hall–Kier alpha value is -3.20. The van der Waals surface area contributed by atoms with E-state index in [4.69, 9.17) is 28.9 Å². The molecule has 164 valence electrons. The number of hydrogen-bond donors (Lipinski definition) is 3. The first-order chi connectivity index (χ1) is 15.4. The van der Waals surface area contributed by atoms with E-state index in [2.05, 4.69) is 25.5 Å². The molecule has 4 rings (SSSR count). The van der Waals surface area contributed by atoms with Crippen molar-refractivity contribution in [3.8, 4) is 0 Å². The topological polar surface area (TPSA) is 113 Å². The molecule has 0 saturated carbocycles. The van der Waals surface area contributed by atoms with Gasteiger partial charge >= 0.3 is 0 Å². The van der Waals surface area contributed by atoms with Crippen LogP contribution in [0.3, 0.4) is 0 Å². The molecular formula is C22H20Cl2N6O2. The van der Waals surface area contributed by atoms with Crippen molar-refractivity contribution in [2.45, 2.75) is 12.5 Å². The van der Waals surface area contributed by atoms with Crippen LogP contribution in [0.4, 0.5) is 17.3 Å². The Morgan fingerprint density at radius 3 is 2.44 bits per heavy atom. The average molecular weight is 471 g/mol. The summed E-state index contributed by atoms with van der Waals surface area (Å²) < 4.78 is 0. The molecule has 0 spiro atoms. The van der Waals surface area contributed by atoms with E-state index in [1.54, 1.807) is 36.4 Å². The molecule has 1 aliphatic heterocycles. The van der Waals surface area contributed by atoms with Crippen molar-refractivity contribution in [3.63, 3.8) is 0 Å². The minimum atomic E-state index is -0.475. The van der Waals surface area contributed by atoms with Crippen molar-refractivity contribution in [2.24, 2.45) is 5.73 Å². The molecule has 1 saturated heterocycles. The zero-order valence-electron chi connectivity index (χ0n) is 16.9. The third kappa shape index (κ3) is 5.16. The van der Waals surface area contributed by atoms with E-state index >= 15 is 0 Å². The van der Waals surface area contributed by atoms with Crippen molar-refractivity contribution in [2.75, 3.05) is 28.6 Å². The lowest BCUT2D eigenvalue weighted by Crippen LogP contribution is -2.27. The maximum Gasteiger partial charge on any atom is 0.258 e. The van der Waals surface area contributed by atoms with Crippen molar-refractivity contribution in [1.29, 1.82) is 0 Å². The monoisotopic (exact) mass is 470 g/mol. The number of aromatic nitrogens is 2. The molecule has 4 N–H and O–H groups in total. The number of anilines is 3. The number of benzene rings is 1. The van der Waals surface area contributed by atoms with Gasteiger partial charge < -0.3 is 21.3 Å². The second kappa shape index (κ2) is 9.52. The van der Waals surface area contributed by atoms with E-state index in [0.29, 0.717) is 27.1 Å². The summed E-state index contributed by atoms with van der Waals surface area (Å²) in [6.45, 7) is 1.58. The average Bonchev–Trinajstić information content (AvgIpc) is 3.23. The van der Waals surface area contributed by atoms with E-state index in [9.17, 15) is 9.59 Å². The predicted octanol–water partition coefficient (Wildman–Crippen LogP) is 3.83. The minimum absolute atomic E-state index is 0.136. The third-order valence-corrected chi connectivity index (χ3v) is 5.46. The summed E-state index contributed by atoms with van der Waals surface area (Å²) in [5, 5.41) is 6.22. The molecule has 2 amide bonds. The van der Waals surface area contributed by atoms with Crippen LogP contribution in [0.2, 0.25) is 10.0 Å². The normalized spacial score (nSPS) is 15.5. The number of hydrogen-bond acceptors (Lipinski definition) is 6. The molecule has 32 heavy (non-hydrogen) atoms. The number of halogens is 2. The molecule has 3 aromatic rings. The molecule has 0 radical (unpaired) electrons. The van der Waals surface area contributed by atoms with Crippen molar-refractivity contribution < 1.29 is 9.59 Å². The van der Waals surface area contributed by atoms with Crippen LogP contribution in [0.15, 0.2) is 54.9 Å². The molecule has 1 aromatic carbocycles. The lowest BCUT2D eigenvalue weighted by Gasteiger charge is -2.17. The largest absolute Gasteiger partial charge is 0.355 e. The van der Waals surface area contributed by atoms with Gasteiger partial charge in [0.25, 0.3) is 11.8 Å². The molecule has 1 unspecified atom stereocenters. The van der Waals surface area contributed by atoms with Gasteiger partial charge in [-0.25, -0.2) is 9.97 Å². The fraction of sp³-hybridized carbons (Fsp3) is 0.182. The molecule has 8 nitrogen and oxygen atoms in total. The maximum atomic E-state index is 12.8. The zero-order valence-corrected chi connectivity index (χ0v) is 18.4. The molecule has 1 aliphatic rings. The number of rotatable bonds is 5. The number of nitrogens with two attached hydrogens (primary N) is 1. The van der Waals surface area contributed by atoms with Crippen molar-refractivity contribution in [3.05, 3.63) is 76.0 Å². The van der Waals surface area contributed by atoms with Gasteiger partial charge in [-0.3, -0.25) is 9.59 Å². The molecule has 2 aromatic heterocycles. The highest BCUT2D eigenvalue weighted by Crippen LogP contribution is 2.23. The first kappa shape index (κ1) is 22.0. The summed E-state index contributed by atoms with van der Waals surface area (Å²) in [5.74, 6) is 0.217. The van der Waals surface area contributed by atoms with Gasteiger partial charge in [-0.15, -0.1) is 0 Å². The SMILES string of the molecule is NC1CCN(c2ccc(C(=O)Nc3ccc(Cl)cc3C(=O)Nc3ccc(Cl)cn3)cn2)C1. The summed E-state index contributed by atoms with van der Waals surface area (Å²) in [5.41, 5.74) is 6.80. The van der Waals surface area contributed by atoms with Crippen LogP contribution >= 0.6 is 23.2 Å². The quantitative estimate of drug-likeness (QED) is 0.522. The highest BCUT2D eigenvalue weighted by Gasteiger charge is 2.21. The van der Waals surface area contributed by atoms with Gasteiger partial charge in [-0.2, -0.15) is 0 Å². The zero-order chi connectivity index (χ0) is 22.7. The number of pyridine rings is 2. The van der Waals surface area contributed by atoms with Crippen molar-refractivity contribution >= 4 is 52.3 Å². The number of nitrogens with zero attached hydrogens (tertiary/aromatic N) is 3. The number of amides is 2. The first-order valence-electron chi connectivity index (χ1n) is 9.89. The van der Waals surface area contributed by atoms with Crippen LogP contribution < -0.4 is 21.3 Å². The van der Waals surface area contributed by atoms with E-state index in [1.807, 2.05) is 0 Å². The van der Waals surface area contributed by atoms with Crippen LogP contribution in [0.5, 0.6) is 0 Å². The number of nitrogens with one attached hydrogen (secondary N) is 2. The van der Waals surface area contributed by atoms with Gasteiger partial charge in [0, 0.05) is 36.5 Å². The van der Waals surface area contributed by atoms with E-state index in [1.165, 1.54) is 18.5 Å². The van der Waals surface area contributed by atoms with E-state index in [-0.39, 0.29) is 11.6 Å². The standard InChI is InChI=1S/C22H20Cl2N6O2/c23-14-2-4-18(17(9-14)22(32)29-19-5-3-15(24)11-26-19)28-21(31)13-1-6-20(27-10-13)30-8-7-16(25)12-30/h1-6,9-11,16H,7-8,12,25H2,(H,28,31)(H,26,29,32). The maximum absolute atomic E-state index is 12.8. The Bertz CT molecular complexity index is 1140. The van der Waals surface area contributed by atoms with Crippen LogP contribution in [-0.2, 0) is 0 Å². The van der Waals surface area contributed by atoms with Crippen molar-refractivity contribution in [1.82, 2.24) is 9.97 Å². The smallest absolute Gasteiger partial charge is 0.258 e. The molecule has 1 atom stereocenters. The first-order valence-corrected chi connectivity index (χ1v) is 10.6. The Labute approximate surface area is 194 Å². The minimum Gasteiger partial charge on any atom is -0.355 e. The van der Waals surface area contributed by atoms with Gasteiger partial charge in [-0.1, -0.05) is 23.2 Å². The number of carbonyl (C=O) groups is 2. The molecule has 0 aliphatic carbocycles. The summed E-state index contributed by atoms with van der Waals surface area (Å²) in [6.07, 6.45) is 3.84.